The van der Waals surface area contributed by atoms with E-state index in [0.29, 0.717) is 0 Å². The van der Waals surface area contributed by atoms with Gasteiger partial charge in [0.15, 0.2) is 0 Å². The van der Waals surface area contributed by atoms with Crippen LogP contribution in [0, 0.1) is 0 Å². The van der Waals surface area contributed by atoms with E-state index >= 15 is 0 Å². The fourth-order valence-electron chi connectivity index (χ4n) is 0.806. The average Bonchev–Trinajstić information content (AvgIpc) is 2.51. The van der Waals surface area contributed by atoms with Crippen molar-refractivity contribution in [2.24, 2.45) is 0 Å². The molecule has 1 aromatic heterocycles. The Labute approximate surface area is 69.8 Å². The highest BCUT2D eigenvalue weighted by molar-refractivity contribution is 5.91. The Bertz CT molecular complexity index is 280. The number of aromatic nitrogens is 2. The third-order valence-electron chi connectivity index (χ3n) is 1.49. The van der Waals surface area contributed by atoms with E-state index in [4.69, 9.17) is 5.21 Å². The van der Waals surface area contributed by atoms with Gasteiger partial charge in [0.2, 0.25) is 0 Å². The predicted octanol–water partition coefficient (Wildman–Crippen LogP) is 0.652. The van der Waals surface area contributed by atoms with Crippen molar-refractivity contribution in [1.82, 2.24) is 15.4 Å². The van der Waals surface area contributed by atoms with Gasteiger partial charge in [-0.05, 0) is 0 Å². The van der Waals surface area contributed by atoms with Crippen molar-refractivity contribution in [3.8, 4) is 0 Å². The quantitative estimate of drug-likeness (QED) is 0.449. The maximum Gasteiger partial charge on any atom is 0.292 e. The largest absolute Gasteiger partial charge is 0.338 e. The monoisotopic (exact) mass is 169 g/mol. The number of H-pyrrole nitrogens is 1. The zero-order chi connectivity index (χ0) is 9.14. The first kappa shape index (κ1) is 8.73. The molecule has 5 nitrogen and oxygen atoms in total. The van der Waals surface area contributed by atoms with Crippen LogP contribution in [-0.2, 0) is 0 Å². The fraction of sp³-hybridized carbons (Fsp3) is 0.429. The number of amides is 1. The van der Waals surface area contributed by atoms with E-state index in [1.165, 1.54) is 11.7 Å². The maximum absolute atomic E-state index is 10.8. The summed E-state index contributed by atoms with van der Waals surface area (Å²) in [6, 6.07) is 0. The van der Waals surface area contributed by atoms with E-state index in [-0.39, 0.29) is 11.6 Å². The topological polar surface area (TPSA) is 78.0 Å². The number of aromatic amines is 1. The van der Waals surface area contributed by atoms with Gasteiger partial charge in [-0.25, -0.2) is 10.5 Å². The summed E-state index contributed by atoms with van der Waals surface area (Å²) < 4.78 is 0. The number of hydrogen-bond donors (Lipinski definition) is 3. The van der Waals surface area contributed by atoms with Crippen LogP contribution >= 0.6 is 0 Å². The molecule has 0 aliphatic carbocycles. The number of nitrogens with one attached hydrogen (secondary N) is 2. The number of nitrogens with zero attached hydrogens (tertiary/aromatic N) is 1. The molecule has 0 aromatic carbocycles. The van der Waals surface area contributed by atoms with Crippen molar-refractivity contribution in [2.75, 3.05) is 0 Å². The summed E-state index contributed by atoms with van der Waals surface area (Å²) in [5.41, 5.74) is 1.79. The molecule has 66 valence electrons. The first-order valence-electron chi connectivity index (χ1n) is 3.64. The molecule has 1 rings (SSSR count). The van der Waals surface area contributed by atoms with E-state index in [1.54, 1.807) is 0 Å². The molecule has 0 saturated heterocycles. The third kappa shape index (κ3) is 1.62. The van der Waals surface area contributed by atoms with Crippen LogP contribution in [0.4, 0.5) is 0 Å². The van der Waals surface area contributed by atoms with Crippen molar-refractivity contribution in [1.29, 1.82) is 0 Å². The van der Waals surface area contributed by atoms with Gasteiger partial charge in [-0.2, -0.15) is 0 Å². The van der Waals surface area contributed by atoms with E-state index < -0.39 is 5.91 Å². The molecule has 1 heterocycles. The van der Waals surface area contributed by atoms with Crippen LogP contribution in [-0.4, -0.2) is 21.1 Å². The molecule has 0 bridgehead atoms. The van der Waals surface area contributed by atoms with Crippen molar-refractivity contribution >= 4 is 5.91 Å². The highest BCUT2D eigenvalue weighted by Crippen LogP contribution is 2.08. The average molecular weight is 169 g/mol. The maximum atomic E-state index is 10.8. The van der Waals surface area contributed by atoms with Crippen molar-refractivity contribution in [3.05, 3.63) is 17.7 Å². The lowest BCUT2D eigenvalue weighted by Gasteiger charge is -1.97. The number of hydroxylamine groups is 1. The zero-order valence-electron chi connectivity index (χ0n) is 6.96. The summed E-state index contributed by atoms with van der Waals surface area (Å²) in [5.74, 6) is 0.397. The van der Waals surface area contributed by atoms with Crippen LogP contribution in [0.2, 0.25) is 0 Å². The summed E-state index contributed by atoms with van der Waals surface area (Å²) in [4.78, 5) is 17.6. The molecular formula is C7H11N3O2. The predicted molar refractivity (Wildman–Crippen MR) is 41.9 cm³/mol. The van der Waals surface area contributed by atoms with Crippen LogP contribution < -0.4 is 5.48 Å². The van der Waals surface area contributed by atoms with Gasteiger partial charge in [0, 0.05) is 5.92 Å². The Hall–Kier alpha value is -1.36. The molecular weight excluding hydrogens is 158 g/mol. The first-order chi connectivity index (χ1) is 5.65. The Morgan fingerprint density at radius 3 is 2.83 bits per heavy atom. The van der Waals surface area contributed by atoms with Crippen LogP contribution in [0.3, 0.4) is 0 Å². The van der Waals surface area contributed by atoms with Crippen LogP contribution in [0.1, 0.15) is 36.1 Å². The highest BCUT2D eigenvalue weighted by atomic mass is 16.5. The molecule has 0 unspecified atom stereocenters. The molecule has 12 heavy (non-hydrogen) atoms. The lowest BCUT2D eigenvalue weighted by Crippen LogP contribution is -2.18. The van der Waals surface area contributed by atoms with Crippen LogP contribution in [0.5, 0.6) is 0 Å². The lowest BCUT2D eigenvalue weighted by molar-refractivity contribution is 0.0701. The minimum absolute atomic E-state index is 0.241. The van der Waals surface area contributed by atoms with Gasteiger partial charge >= 0.3 is 0 Å². The van der Waals surface area contributed by atoms with E-state index in [0.717, 1.165) is 5.82 Å². The SMILES string of the molecule is CC(C)c1ncc(C(=O)NO)[nH]1. The molecule has 3 N–H and O–H groups in total. The van der Waals surface area contributed by atoms with Gasteiger partial charge in [0.05, 0.1) is 6.20 Å². The number of carbonyl (C=O) groups is 1. The normalized spacial score (nSPS) is 10.3. The minimum atomic E-state index is -0.575. The molecule has 0 aliphatic heterocycles. The summed E-state index contributed by atoms with van der Waals surface area (Å²) in [6.07, 6.45) is 1.39. The van der Waals surface area contributed by atoms with Crippen molar-refractivity contribution in [2.45, 2.75) is 19.8 Å². The molecule has 0 spiro atoms. The van der Waals surface area contributed by atoms with Gasteiger partial charge in [-0.15, -0.1) is 0 Å². The Morgan fingerprint density at radius 1 is 1.75 bits per heavy atom. The third-order valence-corrected chi connectivity index (χ3v) is 1.49. The molecule has 5 heteroatoms. The van der Waals surface area contributed by atoms with Crippen molar-refractivity contribution < 1.29 is 10.0 Å². The van der Waals surface area contributed by atoms with Gasteiger partial charge < -0.3 is 4.98 Å². The summed E-state index contributed by atoms with van der Waals surface area (Å²) >= 11 is 0. The molecule has 0 fully saturated rings. The first-order valence-corrected chi connectivity index (χ1v) is 3.64. The smallest absolute Gasteiger partial charge is 0.292 e. The van der Waals surface area contributed by atoms with Gasteiger partial charge in [-0.1, -0.05) is 13.8 Å². The van der Waals surface area contributed by atoms with E-state index in [1.807, 2.05) is 13.8 Å². The number of rotatable bonds is 2. The highest BCUT2D eigenvalue weighted by Gasteiger charge is 2.09. The number of hydrogen-bond acceptors (Lipinski definition) is 3. The van der Waals surface area contributed by atoms with Gasteiger partial charge in [0.25, 0.3) is 5.91 Å². The van der Waals surface area contributed by atoms with Crippen LogP contribution in [0.25, 0.3) is 0 Å². The second kappa shape index (κ2) is 3.36. The second-order valence-electron chi connectivity index (χ2n) is 2.78. The van der Waals surface area contributed by atoms with Gasteiger partial charge in [0.1, 0.15) is 11.5 Å². The number of carbonyl (C=O) groups excluding carboxylic acids is 1. The standard InChI is InChI=1S/C7H11N3O2/c1-4(2)6-8-3-5(9-6)7(11)10-12/h3-4,12H,1-2H3,(H,8,9)(H,10,11). The Balaban J connectivity index is 2.84. The van der Waals surface area contributed by atoms with Gasteiger partial charge in [-0.3, -0.25) is 10.0 Å². The summed E-state index contributed by atoms with van der Waals surface area (Å²) in [5, 5.41) is 8.29. The van der Waals surface area contributed by atoms with E-state index in [2.05, 4.69) is 9.97 Å². The second-order valence-corrected chi connectivity index (χ2v) is 2.78. The molecule has 0 radical (unpaired) electrons. The zero-order valence-corrected chi connectivity index (χ0v) is 6.96. The van der Waals surface area contributed by atoms with Crippen LogP contribution in [0.15, 0.2) is 6.20 Å². The molecule has 0 atom stereocenters. The Morgan fingerprint density at radius 2 is 2.42 bits per heavy atom. The molecule has 1 aromatic rings. The number of imidazole rings is 1. The summed E-state index contributed by atoms with van der Waals surface area (Å²) in [6.45, 7) is 3.92. The molecule has 0 aliphatic rings. The lowest BCUT2D eigenvalue weighted by atomic mass is 10.2. The molecule has 0 saturated carbocycles. The van der Waals surface area contributed by atoms with Crippen molar-refractivity contribution in [3.63, 3.8) is 0 Å². The Kier molecular flexibility index (Phi) is 2.44. The summed E-state index contributed by atoms with van der Waals surface area (Å²) in [7, 11) is 0. The molecule has 1 amide bonds. The minimum Gasteiger partial charge on any atom is -0.338 e. The van der Waals surface area contributed by atoms with E-state index in [9.17, 15) is 4.79 Å². The fourth-order valence-corrected chi connectivity index (χ4v) is 0.806.